The summed E-state index contributed by atoms with van der Waals surface area (Å²) < 4.78 is 13.4. The normalized spacial score (nSPS) is 11.4. The van der Waals surface area contributed by atoms with Crippen molar-refractivity contribution < 1.29 is 9.47 Å². The standard InChI is InChI=1S/C18H13BrN2O2S2/c1-22-15-9-16(23-2)13(19)8-11(15)7-12(10-20)24-18-21-14-5-3-4-6-17(14)25-18/h3-9H,1-2H3/b12-7-. The highest BCUT2D eigenvalue weighted by atomic mass is 79.9. The highest BCUT2D eigenvalue weighted by Crippen LogP contribution is 2.37. The van der Waals surface area contributed by atoms with Gasteiger partial charge in [0.05, 0.1) is 33.8 Å². The fourth-order valence-corrected chi connectivity index (χ4v) is 4.70. The number of para-hydroxylation sites is 1. The molecule has 4 nitrogen and oxygen atoms in total. The first-order valence-electron chi connectivity index (χ1n) is 7.21. The van der Waals surface area contributed by atoms with Gasteiger partial charge in [0, 0.05) is 11.6 Å². The molecule has 1 heterocycles. The molecule has 7 heteroatoms. The van der Waals surface area contributed by atoms with Gasteiger partial charge in [0.2, 0.25) is 0 Å². The molecule has 25 heavy (non-hydrogen) atoms. The van der Waals surface area contributed by atoms with Gasteiger partial charge in [0.25, 0.3) is 0 Å². The zero-order valence-electron chi connectivity index (χ0n) is 13.4. The SMILES string of the molecule is COc1cc(OC)c(/C=C(/C#N)Sc2nc3ccccc3s2)cc1Br. The molecule has 0 fully saturated rings. The van der Waals surface area contributed by atoms with Crippen molar-refractivity contribution in [2.24, 2.45) is 0 Å². The third-order valence-electron chi connectivity index (χ3n) is 3.37. The summed E-state index contributed by atoms with van der Waals surface area (Å²) in [7, 11) is 3.19. The zero-order valence-corrected chi connectivity index (χ0v) is 16.7. The maximum atomic E-state index is 9.52. The Labute approximate surface area is 162 Å². The summed E-state index contributed by atoms with van der Waals surface area (Å²) in [4.78, 5) is 5.10. The number of thiazole rings is 1. The van der Waals surface area contributed by atoms with Crippen molar-refractivity contribution in [2.45, 2.75) is 4.34 Å². The molecular weight excluding hydrogens is 420 g/mol. The lowest BCUT2D eigenvalue weighted by molar-refractivity contribution is 0.392. The molecule has 0 spiro atoms. The maximum Gasteiger partial charge on any atom is 0.156 e. The predicted octanol–water partition coefficient (Wildman–Crippen LogP) is 5.73. The Kier molecular flexibility index (Phi) is 5.63. The molecule has 0 aliphatic rings. The topological polar surface area (TPSA) is 55.1 Å². The van der Waals surface area contributed by atoms with Crippen LogP contribution in [0.25, 0.3) is 16.3 Å². The van der Waals surface area contributed by atoms with E-state index in [0.717, 1.165) is 24.6 Å². The van der Waals surface area contributed by atoms with Crippen molar-refractivity contribution in [1.29, 1.82) is 5.26 Å². The lowest BCUT2D eigenvalue weighted by atomic mass is 10.2. The molecule has 0 bridgehead atoms. The first-order valence-corrected chi connectivity index (χ1v) is 9.64. The van der Waals surface area contributed by atoms with Crippen molar-refractivity contribution in [3.05, 3.63) is 51.3 Å². The van der Waals surface area contributed by atoms with Crippen LogP contribution in [-0.2, 0) is 0 Å². The number of hydrogen-bond acceptors (Lipinski definition) is 6. The van der Waals surface area contributed by atoms with Gasteiger partial charge in [-0.25, -0.2) is 4.98 Å². The summed E-state index contributed by atoms with van der Waals surface area (Å²) in [5.74, 6) is 1.31. The van der Waals surface area contributed by atoms with Crippen LogP contribution in [0.1, 0.15) is 5.56 Å². The Morgan fingerprint density at radius 2 is 2.00 bits per heavy atom. The van der Waals surface area contributed by atoms with E-state index < -0.39 is 0 Å². The quantitative estimate of drug-likeness (QED) is 0.380. The molecule has 0 amide bonds. The maximum absolute atomic E-state index is 9.52. The van der Waals surface area contributed by atoms with Crippen LogP contribution in [0.15, 0.2) is 50.1 Å². The lowest BCUT2D eigenvalue weighted by Gasteiger charge is -2.10. The van der Waals surface area contributed by atoms with Gasteiger partial charge in [-0.1, -0.05) is 12.1 Å². The van der Waals surface area contributed by atoms with E-state index >= 15 is 0 Å². The summed E-state index contributed by atoms with van der Waals surface area (Å²) in [6.45, 7) is 0. The van der Waals surface area contributed by atoms with Crippen LogP contribution >= 0.6 is 39.0 Å². The summed E-state index contributed by atoms with van der Waals surface area (Å²) >= 11 is 6.38. The second kappa shape index (κ2) is 7.91. The smallest absolute Gasteiger partial charge is 0.156 e. The van der Waals surface area contributed by atoms with Crippen LogP contribution in [0.5, 0.6) is 11.5 Å². The van der Waals surface area contributed by atoms with Crippen LogP contribution in [-0.4, -0.2) is 19.2 Å². The number of ether oxygens (including phenoxy) is 2. The van der Waals surface area contributed by atoms with E-state index in [1.807, 2.05) is 30.3 Å². The average Bonchev–Trinajstić information content (AvgIpc) is 3.03. The van der Waals surface area contributed by atoms with E-state index in [1.54, 1.807) is 37.7 Å². The summed E-state index contributed by atoms with van der Waals surface area (Å²) in [5.41, 5.74) is 1.73. The Balaban J connectivity index is 1.95. The van der Waals surface area contributed by atoms with Crippen molar-refractivity contribution >= 4 is 55.3 Å². The molecule has 0 aliphatic heterocycles. The number of allylic oxidation sites excluding steroid dienone is 1. The molecule has 0 atom stereocenters. The van der Waals surface area contributed by atoms with Gasteiger partial charge in [-0.3, -0.25) is 0 Å². The van der Waals surface area contributed by atoms with Crippen LogP contribution in [0.2, 0.25) is 0 Å². The van der Waals surface area contributed by atoms with Crippen molar-refractivity contribution in [1.82, 2.24) is 4.98 Å². The van der Waals surface area contributed by atoms with Crippen molar-refractivity contribution in [3.63, 3.8) is 0 Å². The van der Waals surface area contributed by atoms with Gasteiger partial charge in [-0.2, -0.15) is 5.26 Å². The largest absolute Gasteiger partial charge is 0.496 e. The van der Waals surface area contributed by atoms with E-state index in [2.05, 4.69) is 27.0 Å². The summed E-state index contributed by atoms with van der Waals surface area (Å²) in [6.07, 6.45) is 1.79. The first kappa shape index (κ1) is 17.8. The number of halogens is 1. The van der Waals surface area contributed by atoms with Crippen molar-refractivity contribution in [2.75, 3.05) is 14.2 Å². The number of rotatable bonds is 5. The Morgan fingerprint density at radius 3 is 2.68 bits per heavy atom. The van der Waals surface area contributed by atoms with Gasteiger partial charge in [-0.05, 0) is 52.0 Å². The molecule has 0 unspecified atom stereocenters. The van der Waals surface area contributed by atoms with E-state index in [9.17, 15) is 5.26 Å². The van der Waals surface area contributed by atoms with Crippen LogP contribution in [0, 0.1) is 11.3 Å². The molecule has 0 N–H and O–H groups in total. The van der Waals surface area contributed by atoms with Gasteiger partial charge in [0.15, 0.2) is 4.34 Å². The predicted molar refractivity (Wildman–Crippen MR) is 106 cm³/mol. The number of aromatic nitrogens is 1. The fourth-order valence-electron chi connectivity index (χ4n) is 2.21. The third kappa shape index (κ3) is 3.98. The molecular formula is C18H13BrN2O2S2. The van der Waals surface area contributed by atoms with Crippen LogP contribution in [0.3, 0.4) is 0 Å². The number of nitriles is 1. The average molecular weight is 433 g/mol. The highest BCUT2D eigenvalue weighted by molar-refractivity contribution is 9.10. The minimum atomic E-state index is 0.537. The molecule has 0 aliphatic carbocycles. The molecule has 3 rings (SSSR count). The monoisotopic (exact) mass is 432 g/mol. The van der Waals surface area contributed by atoms with Gasteiger partial charge < -0.3 is 9.47 Å². The zero-order chi connectivity index (χ0) is 17.8. The Bertz CT molecular complexity index is 959. The highest BCUT2D eigenvalue weighted by Gasteiger charge is 2.11. The Hall–Kier alpha value is -2.01. The van der Waals surface area contributed by atoms with Crippen molar-refractivity contribution in [3.8, 4) is 17.6 Å². The van der Waals surface area contributed by atoms with Gasteiger partial charge in [-0.15, -0.1) is 11.3 Å². The minimum Gasteiger partial charge on any atom is -0.496 e. The minimum absolute atomic E-state index is 0.537. The lowest BCUT2D eigenvalue weighted by Crippen LogP contribution is -1.91. The molecule has 0 radical (unpaired) electrons. The fraction of sp³-hybridized carbons (Fsp3) is 0.111. The van der Waals surface area contributed by atoms with E-state index in [1.165, 1.54) is 11.8 Å². The third-order valence-corrected chi connectivity index (χ3v) is 6.02. The van der Waals surface area contributed by atoms with Crippen LogP contribution < -0.4 is 9.47 Å². The van der Waals surface area contributed by atoms with Gasteiger partial charge >= 0.3 is 0 Å². The molecule has 1 aromatic heterocycles. The number of methoxy groups -OCH3 is 2. The second-order valence-corrected chi connectivity index (χ2v) is 8.07. The number of thioether (sulfide) groups is 1. The van der Waals surface area contributed by atoms with E-state index in [-0.39, 0.29) is 0 Å². The Morgan fingerprint density at radius 1 is 1.24 bits per heavy atom. The van der Waals surface area contributed by atoms with Crippen LogP contribution in [0.4, 0.5) is 0 Å². The molecule has 126 valence electrons. The molecule has 0 saturated heterocycles. The number of fused-ring (bicyclic) bond motifs is 1. The first-order chi connectivity index (χ1) is 12.1. The molecule has 0 saturated carbocycles. The van der Waals surface area contributed by atoms with E-state index in [4.69, 9.17) is 9.47 Å². The van der Waals surface area contributed by atoms with Gasteiger partial charge in [0.1, 0.15) is 17.6 Å². The molecule has 3 aromatic rings. The summed E-state index contributed by atoms with van der Waals surface area (Å²) in [6, 6.07) is 13.8. The number of hydrogen-bond donors (Lipinski definition) is 0. The van der Waals surface area contributed by atoms with E-state index in [0.29, 0.717) is 16.4 Å². The number of benzene rings is 2. The second-order valence-electron chi connectivity index (χ2n) is 4.90. The molecule has 2 aromatic carbocycles. The summed E-state index contributed by atoms with van der Waals surface area (Å²) in [5, 5.41) is 9.52. The number of nitrogens with zero attached hydrogens (tertiary/aromatic N) is 2.